The summed E-state index contributed by atoms with van der Waals surface area (Å²) in [5, 5.41) is 28.5. The summed E-state index contributed by atoms with van der Waals surface area (Å²) >= 11 is 0. The van der Waals surface area contributed by atoms with Crippen LogP contribution in [0, 0.1) is 15.3 Å². The number of hydrogen-bond donors (Lipinski definition) is 1. The fraction of sp³-hybridized carbons (Fsp3) is 0.222. The van der Waals surface area contributed by atoms with Crippen molar-refractivity contribution >= 4 is 22.7 Å². The Balaban J connectivity index is 2.60. The van der Waals surface area contributed by atoms with Gasteiger partial charge in [0.05, 0.1) is 16.1 Å². The summed E-state index contributed by atoms with van der Waals surface area (Å²) in [6, 6.07) is 3.87. The number of aromatic nitrogens is 3. The standard InChI is InChI=1S/C9H9N5O3/c1-2-10-9-11-7-4-3-6(14(16)17)5-8(7)13(15)12-9/h3-5H,2H2,1H3,(H,10,11,12). The third kappa shape index (κ3) is 2.05. The predicted molar refractivity (Wildman–Crippen MR) is 59.3 cm³/mol. The van der Waals surface area contributed by atoms with Crippen molar-refractivity contribution in [1.29, 1.82) is 0 Å². The Morgan fingerprint density at radius 2 is 2.29 bits per heavy atom. The second-order valence-electron chi connectivity index (χ2n) is 3.27. The van der Waals surface area contributed by atoms with Gasteiger partial charge in [-0.05, 0) is 17.8 Å². The quantitative estimate of drug-likeness (QED) is 0.361. The summed E-state index contributed by atoms with van der Waals surface area (Å²) in [6.07, 6.45) is 0. The topological polar surface area (TPSA) is 108 Å². The smallest absolute Gasteiger partial charge is 0.290 e. The van der Waals surface area contributed by atoms with Gasteiger partial charge in [0.15, 0.2) is 0 Å². The Labute approximate surface area is 95.6 Å². The van der Waals surface area contributed by atoms with Crippen LogP contribution in [-0.2, 0) is 0 Å². The average molecular weight is 235 g/mol. The molecule has 17 heavy (non-hydrogen) atoms. The molecule has 0 fully saturated rings. The first-order valence-corrected chi connectivity index (χ1v) is 4.91. The van der Waals surface area contributed by atoms with E-state index >= 15 is 0 Å². The average Bonchev–Trinajstić information content (AvgIpc) is 2.29. The Morgan fingerprint density at radius 1 is 1.53 bits per heavy atom. The minimum absolute atomic E-state index is 0.0702. The highest BCUT2D eigenvalue weighted by atomic mass is 16.6. The zero-order chi connectivity index (χ0) is 12.4. The van der Waals surface area contributed by atoms with Gasteiger partial charge in [0.2, 0.25) is 0 Å². The Bertz CT molecular complexity index is 586. The molecule has 1 N–H and O–H groups in total. The summed E-state index contributed by atoms with van der Waals surface area (Å²) in [4.78, 5) is 14.4. The molecule has 2 aromatic rings. The maximum absolute atomic E-state index is 11.6. The molecule has 8 nitrogen and oxygen atoms in total. The van der Waals surface area contributed by atoms with Crippen LogP contribution in [0.3, 0.4) is 0 Å². The van der Waals surface area contributed by atoms with Crippen LogP contribution in [0.4, 0.5) is 11.6 Å². The first kappa shape index (κ1) is 11.0. The molecule has 0 aliphatic carbocycles. The molecule has 0 saturated carbocycles. The third-order valence-corrected chi connectivity index (χ3v) is 2.12. The van der Waals surface area contributed by atoms with E-state index < -0.39 is 4.92 Å². The molecule has 1 aromatic carbocycles. The number of nitrogens with one attached hydrogen (secondary N) is 1. The zero-order valence-corrected chi connectivity index (χ0v) is 8.95. The molecule has 0 radical (unpaired) electrons. The van der Waals surface area contributed by atoms with Gasteiger partial charge in [0.1, 0.15) is 5.52 Å². The second-order valence-corrected chi connectivity index (χ2v) is 3.27. The lowest BCUT2D eigenvalue weighted by Crippen LogP contribution is -2.33. The third-order valence-electron chi connectivity index (χ3n) is 2.12. The minimum Gasteiger partial charge on any atom is -0.594 e. The van der Waals surface area contributed by atoms with E-state index in [4.69, 9.17) is 0 Å². The zero-order valence-electron chi connectivity index (χ0n) is 8.95. The fourth-order valence-electron chi connectivity index (χ4n) is 1.38. The largest absolute Gasteiger partial charge is 0.594 e. The van der Waals surface area contributed by atoms with Gasteiger partial charge < -0.3 is 10.5 Å². The van der Waals surface area contributed by atoms with Crippen LogP contribution < -0.4 is 10.2 Å². The predicted octanol–water partition coefficient (Wildman–Crippen LogP) is 0.603. The van der Waals surface area contributed by atoms with Crippen molar-refractivity contribution < 1.29 is 9.77 Å². The van der Waals surface area contributed by atoms with Gasteiger partial charge >= 0.3 is 0 Å². The van der Waals surface area contributed by atoms with Crippen LogP contribution in [-0.4, -0.2) is 21.6 Å². The molecule has 1 aromatic heterocycles. The van der Waals surface area contributed by atoms with E-state index in [-0.39, 0.29) is 17.2 Å². The lowest BCUT2D eigenvalue weighted by Gasteiger charge is -2.02. The molecule has 0 spiro atoms. The van der Waals surface area contributed by atoms with Gasteiger partial charge in [-0.15, -0.1) is 0 Å². The maximum atomic E-state index is 11.6. The van der Waals surface area contributed by atoms with Gasteiger partial charge in [-0.25, -0.2) is 4.98 Å². The van der Waals surface area contributed by atoms with Crippen LogP contribution >= 0.6 is 0 Å². The van der Waals surface area contributed by atoms with Crippen molar-refractivity contribution in [2.24, 2.45) is 0 Å². The van der Waals surface area contributed by atoms with Crippen molar-refractivity contribution in [2.45, 2.75) is 6.92 Å². The lowest BCUT2D eigenvalue weighted by atomic mass is 10.3. The molecular weight excluding hydrogens is 226 g/mol. The molecule has 8 heteroatoms. The Hall–Kier alpha value is -2.51. The summed E-state index contributed by atoms with van der Waals surface area (Å²) in [6.45, 7) is 2.43. The lowest BCUT2D eigenvalue weighted by molar-refractivity contribution is -0.641. The Kier molecular flexibility index (Phi) is 2.69. The molecule has 0 amide bonds. The molecule has 0 saturated heterocycles. The normalized spacial score (nSPS) is 10.4. The molecule has 0 atom stereocenters. The second kappa shape index (κ2) is 4.16. The highest BCUT2D eigenvalue weighted by Gasteiger charge is 2.15. The molecule has 88 valence electrons. The van der Waals surface area contributed by atoms with Crippen molar-refractivity contribution in [3.63, 3.8) is 0 Å². The van der Waals surface area contributed by atoms with Crippen LogP contribution in [0.5, 0.6) is 0 Å². The maximum Gasteiger partial charge on any atom is 0.290 e. The number of non-ortho nitro benzene ring substituents is 1. The molecule has 0 bridgehead atoms. The molecular formula is C9H9N5O3. The molecule has 1 heterocycles. The number of nitro groups is 1. The Morgan fingerprint density at radius 3 is 2.94 bits per heavy atom. The number of rotatable bonds is 3. The van der Waals surface area contributed by atoms with Crippen LogP contribution in [0.1, 0.15) is 6.92 Å². The van der Waals surface area contributed by atoms with E-state index in [1.165, 1.54) is 12.1 Å². The monoisotopic (exact) mass is 235 g/mol. The van der Waals surface area contributed by atoms with E-state index in [0.717, 1.165) is 6.07 Å². The highest BCUT2D eigenvalue weighted by Crippen LogP contribution is 2.16. The van der Waals surface area contributed by atoms with Gasteiger partial charge in [-0.2, -0.15) is 0 Å². The number of fused-ring (bicyclic) bond motifs is 1. The van der Waals surface area contributed by atoms with Crippen LogP contribution in [0.2, 0.25) is 0 Å². The highest BCUT2D eigenvalue weighted by molar-refractivity contribution is 5.74. The van der Waals surface area contributed by atoms with Crippen molar-refractivity contribution in [1.82, 2.24) is 10.1 Å². The molecule has 0 aliphatic heterocycles. The summed E-state index contributed by atoms with van der Waals surface area (Å²) < 4.78 is 0. The summed E-state index contributed by atoms with van der Waals surface area (Å²) in [5.74, 6) is 0.198. The first-order chi connectivity index (χ1) is 8.11. The van der Waals surface area contributed by atoms with Gasteiger partial charge in [-0.1, -0.05) is 0 Å². The number of anilines is 1. The van der Waals surface area contributed by atoms with Crippen LogP contribution in [0.15, 0.2) is 18.2 Å². The SMILES string of the molecule is CCNc1nc2ccc([N+](=O)[O-])cc2[n+]([O-])n1. The van der Waals surface area contributed by atoms with E-state index in [9.17, 15) is 15.3 Å². The van der Waals surface area contributed by atoms with E-state index in [1.54, 1.807) is 0 Å². The summed E-state index contributed by atoms with van der Waals surface area (Å²) in [5.41, 5.74) is 0.263. The number of benzene rings is 1. The number of nitrogens with zero attached hydrogens (tertiary/aromatic N) is 4. The van der Waals surface area contributed by atoms with E-state index in [2.05, 4.69) is 15.4 Å². The van der Waals surface area contributed by atoms with Gasteiger partial charge in [-0.3, -0.25) is 10.1 Å². The van der Waals surface area contributed by atoms with Crippen molar-refractivity contribution in [2.75, 3.05) is 11.9 Å². The van der Waals surface area contributed by atoms with E-state index in [1.807, 2.05) is 6.92 Å². The number of nitro benzene ring substituents is 1. The minimum atomic E-state index is -0.572. The number of hydrogen-bond acceptors (Lipinski definition) is 6. The van der Waals surface area contributed by atoms with Crippen molar-refractivity contribution in [3.05, 3.63) is 33.5 Å². The van der Waals surface area contributed by atoms with Gasteiger partial charge in [0.25, 0.3) is 17.2 Å². The first-order valence-electron chi connectivity index (χ1n) is 4.91. The van der Waals surface area contributed by atoms with E-state index in [0.29, 0.717) is 16.9 Å². The molecule has 0 unspecified atom stereocenters. The van der Waals surface area contributed by atoms with Crippen LogP contribution in [0.25, 0.3) is 11.0 Å². The molecule has 2 rings (SSSR count). The summed E-state index contributed by atoms with van der Waals surface area (Å²) in [7, 11) is 0. The van der Waals surface area contributed by atoms with Crippen molar-refractivity contribution in [3.8, 4) is 0 Å². The molecule has 0 aliphatic rings. The van der Waals surface area contributed by atoms with Gasteiger partial charge in [0, 0.05) is 12.6 Å². The fourth-order valence-corrected chi connectivity index (χ4v) is 1.38.